The van der Waals surface area contributed by atoms with Gasteiger partial charge < -0.3 is 14.7 Å². The largest absolute Gasteiger partial charge is 0.370 e. The molecule has 2 saturated heterocycles. The first-order valence-corrected chi connectivity index (χ1v) is 9.35. The van der Waals surface area contributed by atoms with E-state index in [2.05, 4.69) is 4.90 Å². The summed E-state index contributed by atoms with van der Waals surface area (Å²) >= 11 is 0. The van der Waals surface area contributed by atoms with E-state index in [1.54, 1.807) is 12.1 Å². The zero-order chi connectivity index (χ0) is 18.9. The third-order valence-corrected chi connectivity index (χ3v) is 5.28. The summed E-state index contributed by atoms with van der Waals surface area (Å²) in [4.78, 5) is 31.1. The molecule has 0 aliphatic carbocycles. The summed E-state index contributed by atoms with van der Waals surface area (Å²) in [6.07, 6.45) is 1.18. The summed E-state index contributed by atoms with van der Waals surface area (Å²) in [5.74, 6) is -0.321. The molecule has 0 aromatic heterocycles. The smallest absolute Gasteiger partial charge is 0.228 e. The maximum Gasteiger partial charge on any atom is 0.228 e. The molecule has 5 nitrogen and oxygen atoms in total. The zero-order valence-electron chi connectivity index (χ0n) is 15.9. The van der Waals surface area contributed by atoms with Gasteiger partial charge in [-0.05, 0) is 51.5 Å². The number of rotatable bonds is 2. The summed E-state index contributed by atoms with van der Waals surface area (Å²) in [5.41, 5.74) is 0.736. The van der Waals surface area contributed by atoms with Gasteiger partial charge in [0, 0.05) is 50.4 Å². The van der Waals surface area contributed by atoms with Crippen molar-refractivity contribution in [2.24, 2.45) is 5.92 Å². The first-order chi connectivity index (χ1) is 12.3. The number of amides is 2. The summed E-state index contributed by atoms with van der Waals surface area (Å²) in [6, 6.07) is 6.50. The standard InChI is InChI=1S/C20H28FN3O2/c1-20(2,3)24-14-15(13-18(24)25)19(26)23-10-4-9-22(11-12-23)17-7-5-16(21)6-8-17/h5-8,15H,4,9-14H2,1-3H3/t15-/m0/s1. The summed E-state index contributed by atoms with van der Waals surface area (Å²) < 4.78 is 13.1. The molecular weight excluding hydrogens is 333 g/mol. The van der Waals surface area contributed by atoms with E-state index in [-0.39, 0.29) is 29.1 Å². The van der Waals surface area contributed by atoms with Crippen LogP contribution < -0.4 is 4.90 Å². The lowest BCUT2D eigenvalue weighted by Crippen LogP contribution is -2.44. The van der Waals surface area contributed by atoms with Gasteiger partial charge in [-0.15, -0.1) is 0 Å². The number of anilines is 1. The Hall–Kier alpha value is -2.11. The van der Waals surface area contributed by atoms with E-state index in [1.807, 2.05) is 30.6 Å². The van der Waals surface area contributed by atoms with E-state index in [4.69, 9.17) is 0 Å². The number of hydrogen-bond donors (Lipinski definition) is 0. The van der Waals surface area contributed by atoms with Crippen LogP contribution in [-0.2, 0) is 9.59 Å². The predicted octanol–water partition coefficient (Wildman–Crippen LogP) is 2.51. The second-order valence-electron chi connectivity index (χ2n) is 8.22. The molecular formula is C20H28FN3O2. The van der Waals surface area contributed by atoms with Crippen LogP contribution in [-0.4, -0.2) is 59.9 Å². The molecule has 1 aromatic carbocycles. The van der Waals surface area contributed by atoms with Gasteiger partial charge in [0.2, 0.25) is 11.8 Å². The Kier molecular flexibility index (Phi) is 5.21. The van der Waals surface area contributed by atoms with Gasteiger partial charge in [-0.1, -0.05) is 0 Å². The highest BCUT2D eigenvalue weighted by Crippen LogP contribution is 2.27. The highest BCUT2D eigenvalue weighted by molar-refractivity contribution is 5.89. The molecule has 2 aliphatic rings. The van der Waals surface area contributed by atoms with Crippen LogP contribution in [0.5, 0.6) is 0 Å². The highest BCUT2D eigenvalue weighted by Gasteiger charge is 2.40. The van der Waals surface area contributed by atoms with E-state index in [9.17, 15) is 14.0 Å². The van der Waals surface area contributed by atoms with E-state index in [0.29, 0.717) is 26.1 Å². The number of benzene rings is 1. The van der Waals surface area contributed by atoms with E-state index < -0.39 is 0 Å². The molecule has 26 heavy (non-hydrogen) atoms. The first kappa shape index (κ1) is 18.7. The van der Waals surface area contributed by atoms with Crippen molar-refractivity contribution in [3.8, 4) is 0 Å². The van der Waals surface area contributed by atoms with Crippen LogP contribution in [0, 0.1) is 11.7 Å². The van der Waals surface area contributed by atoms with Gasteiger partial charge in [-0.3, -0.25) is 9.59 Å². The molecule has 2 fully saturated rings. The lowest BCUT2D eigenvalue weighted by Gasteiger charge is -2.32. The molecule has 0 unspecified atom stereocenters. The zero-order valence-corrected chi connectivity index (χ0v) is 15.9. The van der Waals surface area contributed by atoms with Gasteiger partial charge in [-0.25, -0.2) is 4.39 Å². The Morgan fingerprint density at radius 3 is 2.38 bits per heavy atom. The van der Waals surface area contributed by atoms with Crippen molar-refractivity contribution in [3.63, 3.8) is 0 Å². The number of carbonyl (C=O) groups is 2. The van der Waals surface area contributed by atoms with Crippen molar-refractivity contribution in [1.82, 2.24) is 9.80 Å². The third kappa shape index (κ3) is 4.00. The molecule has 1 atom stereocenters. The number of carbonyl (C=O) groups excluding carboxylic acids is 2. The monoisotopic (exact) mass is 361 g/mol. The molecule has 142 valence electrons. The van der Waals surface area contributed by atoms with Crippen LogP contribution in [0.2, 0.25) is 0 Å². The summed E-state index contributed by atoms with van der Waals surface area (Å²) in [7, 11) is 0. The molecule has 0 N–H and O–H groups in total. The maximum atomic E-state index is 13.1. The van der Waals surface area contributed by atoms with Crippen LogP contribution in [0.1, 0.15) is 33.6 Å². The Morgan fingerprint density at radius 2 is 1.77 bits per heavy atom. The van der Waals surface area contributed by atoms with Gasteiger partial charge in [0.1, 0.15) is 5.82 Å². The Labute approximate surface area is 154 Å². The van der Waals surface area contributed by atoms with Crippen molar-refractivity contribution in [2.45, 2.75) is 39.2 Å². The van der Waals surface area contributed by atoms with E-state index in [1.165, 1.54) is 12.1 Å². The minimum Gasteiger partial charge on any atom is -0.370 e. The average molecular weight is 361 g/mol. The lowest BCUT2D eigenvalue weighted by molar-refractivity contribution is -0.135. The quantitative estimate of drug-likeness (QED) is 0.813. The molecule has 0 saturated carbocycles. The normalized spacial score (nSPS) is 21.9. The number of likely N-dealkylation sites (tertiary alicyclic amines) is 1. The third-order valence-electron chi connectivity index (χ3n) is 5.28. The fourth-order valence-electron chi connectivity index (χ4n) is 3.83. The van der Waals surface area contributed by atoms with Crippen LogP contribution in [0.25, 0.3) is 0 Å². The molecule has 1 aromatic rings. The second kappa shape index (κ2) is 7.25. The minimum atomic E-state index is -0.246. The van der Waals surface area contributed by atoms with Crippen molar-refractivity contribution >= 4 is 17.5 Å². The fraction of sp³-hybridized carbons (Fsp3) is 0.600. The lowest BCUT2D eigenvalue weighted by atomic mass is 10.1. The van der Waals surface area contributed by atoms with Gasteiger partial charge in [0.05, 0.1) is 5.92 Å². The Balaban J connectivity index is 1.61. The molecule has 0 radical (unpaired) electrons. The summed E-state index contributed by atoms with van der Waals surface area (Å²) in [5, 5.41) is 0. The molecule has 6 heteroatoms. The topological polar surface area (TPSA) is 43.9 Å². The number of halogens is 1. The van der Waals surface area contributed by atoms with Crippen LogP contribution in [0.3, 0.4) is 0 Å². The second-order valence-corrected chi connectivity index (χ2v) is 8.22. The van der Waals surface area contributed by atoms with Crippen molar-refractivity contribution in [3.05, 3.63) is 30.1 Å². The van der Waals surface area contributed by atoms with Crippen molar-refractivity contribution in [1.29, 1.82) is 0 Å². The number of nitrogens with zero attached hydrogens (tertiary/aromatic N) is 3. The molecule has 2 amide bonds. The predicted molar refractivity (Wildman–Crippen MR) is 99.4 cm³/mol. The van der Waals surface area contributed by atoms with Crippen LogP contribution in [0.4, 0.5) is 10.1 Å². The molecule has 2 aliphatic heterocycles. The fourth-order valence-corrected chi connectivity index (χ4v) is 3.83. The molecule has 0 bridgehead atoms. The van der Waals surface area contributed by atoms with Crippen LogP contribution in [0.15, 0.2) is 24.3 Å². The minimum absolute atomic E-state index is 0.0682. The van der Waals surface area contributed by atoms with E-state index >= 15 is 0 Å². The average Bonchev–Trinajstić information content (AvgIpc) is 2.82. The van der Waals surface area contributed by atoms with Crippen molar-refractivity contribution < 1.29 is 14.0 Å². The van der Waals surface area contributed by atoms with Crippen LogP contribution >= 0.6 is 0 Å². The molecule has 3 rings (SSSR count). The Morgan fingerprint density at radius 1 is 1.08 bits per heavy atom. The molecule has 2 heterocycles. The molecule has 0 spiro atoms. The van der Waals surface area contributed by atoms with Gasteiger partial charge >= 0.3 is 0 Å². The Bertz CT molecular complexity index is 669. The van der Waals surface area contributed by atoms with Gasteiger partial charge in [-0.2, -0.15) is 0 Å². The number of hydrogen-bond acceptors (Lipinski definition) is 3. The van der Waals surface area contributed by atoms with Crippen molar-refractivity contribution in [2.75, 3.05) is 37.6 Å². The van der Waals surface area contributed by atoms with E-state index in [0.717, 1.165) is 25.2 Å². The van der Waals surface area contributed by atoms with Gasteiger partial charge in [0.25, 0.3) is 0 Å². The van der Waals surface area contributed by atoms with Gasteiger partial charge in [0.15, 0.2) is 0 Å². The summed E-state index contributed by atoms with van der Waals surface area (Å²) in [6.45, 7) is 9.43. The maximum absolute atomic E-state index is 13.1. The highest BCUT2D eigenvalue weighted by atomic mass is 19.1. The first-order valence-electron chi connectivity index (χ1n) is 9.35. The SMILES string of the molecule is CC(C)(C)N1C[C@@H](C(=O)N2CCCN(c3ccc(F)cc3)CC2)CC1=O.